The van der Waals surface area contributed by atoms with Crippen molar-refractivity contribution in [2.75, 3.05) is 5.73 Å². The molecule has 0 amide bonds. The summed E-state index contributed by atoms with van der Waals surface area (Å²) < 4.78 is 5.85. The van der Waals surface area contributed by atoms with Crippen molar-refractivity contribution < 1.29 is 4.74 Å². The quantitative estimate of drug-likeness (QED) is 0.815. The predicted octanol–water partition coefficient (Wildman–Crippen LogP) is 3.46. The van der Waals surface area contributed by atoms with Crippen LogP contribution in [0.25, 0.3) is 0 Å². The number of nitrogens with two attached hydrogens (primary N) is 1. The molecular formula is C15H17NO. The maximum Gasteiger partial charge on any atom is 0.125 e. The molecule has 0 heterocycles. The molecule has 0 saturated heterocycles. The van der Waals surface area contributed by atoms with Gasteiger partial charge in [0.05, 0.1) is 0 Å². The molecule has 2 N–H and O–H groups in total. The number of nitrogen functional groups attached to an aromatic ring is 1. The van der Waals surface area contributed by atoms with Gasteiger partial charge in [-0.25, -0.2) is 0 Å². The van der Waals surface area contributed by atoms with E-state index in [4.69, 9.17) is 10.5 Å². The Labute approximate surface area is 102 Å². The van der Waals surface area contributed by atoms with Gasteiger partial charge in [0, 0.05) is 5.69 Å². The first-order valence-electron chi connectivity index (χ1n) is 5.70. The Morgan fingerprint density at radius 3 is 2.29 bits per heavy atom. The Morgan fingerprint density at radius 1 is 1.00 bits per heavy atom. The second kappa shape index (κ2) is 4.91. The number of aryl methyl sites for hydroxylation is 2. The Kier molecular flexibility index (Phi) is 3.33. The molecule has 2 heteroatoms. The molecule has 0 radical (unpaired) electrons. The number of hydrogen-bond donors (Lipinski definition) is 1. The lowest BCUT2D eigenvalue weighted by molar-refractivity contribution is 0.302. The third-order valence-electron chi connectivity index (χ3n) is 2.74. The van der Waals surface area contributed by atoms with Gasteiger partial charge in [0.1, 0.15) is 12.4 Å². The number of ether oxygens (including phenoxy) is 1. The van der Waals surface area contributed by atoms with Crippen molar-refractivity contribution in [3.05, 3.63) is 59.2 Å². The van der Waals surface area contributed by atoms with Crippen LogP contribution in [0.5, 0.6) is 5.75 Å². The van der Waals surface area contributed by atoms with Gasteiger partial charge in [-0.15, -0.1) is 0 Å². The molecule has 0 aliphatic rings. The van der Waals surface area contributed by atoms with Crippen LogP contribution in [-0.4, -0.2) is 0 Å². The molecule has 0 unspecified atom stereocenters. The Hall–Kier alpha value is -1.96. The van der Waals surface area contributed by atoms with E-state index in [9.17, 15) is 0 Å². The average molecular weight is 227 g/mol. The highest BCUT2D eigenvalue weighted by Gasteiger charge is 2.03. The first kappa shape index (κ1) is 11.5. The predicted molar refractivity (Wildman–Crippen MR) is 71.1 cm³/mol. The number of benzene rings is 2. The number of rotatable bonds is 3. The summed E-state index contributed by atoms with van der Waals surface area (Å²) in [5.74, 6) is 0.968. The smallest absolute Gasteiger partial charge is 0.125 e. The number of anilines is 1. The van der Waals surface area contributed by atoms with E-state index in [2.05, 4.69) is 26.0 Å². The lowest BCUT2D eigenvalue weighted by Crippen LogP contribution is -1.99. The molecule has 0 fully saturated rings. The highest BCUT2D eigenvalue weighted by Crippen LogP contribution is 2.23. The van der Waals surface area contributed by atoms with Gasteiger partial charge in [0.2, 0.25) is 0 Å². The van der Waals surface area contributed by atoms with Crippen molar-refractivity contribution in [3.8, 4) is 5.75 Å². The molecule has 2 rings (SSSR count). The zero-order valence-corrected chi connectivity index (χ0v) is 10.2. The molecular weight excluding hydrogens is 210 g/mol. The van der Waals surface area contributed by atoms with Crippen LogP contribution in [0.1, 0.15) is 16.7 Å². The van der Waals surface area contributed by atoms with E-state index in [-0.39, 0.29) is 0 Å². The Bertz CT molecular complexity index is 500. The van der Waals surface area contributed by atoms with Gasteiger partial charge in [-0.1, -0.05) is 30.3 Å². The molecule has 2 nitrogen and oxygen atoms in total. The van der Waals surface area contributed by atoms with Gasteiger partial charge in [-0.2, -0.15) is 0 Å². The average Bonchev–Trinajstić information content (AvgIpc) is 2.28. The van der Waals surface area contributed by atoms with E-state index < -0.39 is 0 Å². The van der Waals surface area contributed by atoms with Gasteiger partial charge in [-0.05, 0) is 42.7 Å². The second-order valence-corrected chi connectivity index (χ2v) is 4.25. The molecule has 0 aliphatic heterocycles. The molecule has 0 atom stereocenters. The van der Waals surface area contributed by atoms with E-state index >= 15 is 0 Å². The minimum atomic E-state index is 0.552. The number of hydrogen-bond acceptors (Lipinski definition) is 2. The van der Waals surface area contributed by atoms with Crippen molar-refractivity contribution in [3.63, 3.8) is 0 Å². The highest BCUT2D eigenvalue weighted by molar-refractivity contribution is 5.42. The topological polar surface area (TPSA) is 35.2 Å². The van der Waals surface area contributed by atoms with Gasteiger partial charge in [0.25, 0.3) is 0 Å². The maximum atomic E-state index is 5.85. The summed E-state index contributed by atoms with van der Waals surface area (Å²) in [5, 5.41) is 0. The first-order chi connectivity index (χ1) is 8.16. The van der Waals surface area contributed by atoms with Gasteiger partial charge < -0.3 is 10.5 Å². The zero-order chi connectivity index (χ0) is 12.3. The van der Waals surface area contributed by atoms with Crippen LogP contribution in [0, 0.1) is 13.8 Å². The standard InChI is InChI=1S/C15H17NO/c1-11-5-3-6-12(2)15(11)17-10-13-7-4-8-14(16)9-13/h3-9H,10,16H2,1-2H3. The van der Waals surface area contributed by atoms with Crippen molar-refractivity contribution in [2.24, 2.45) is 0 Å². The van der Waals surface area contributed by atoms with Crippen LogP contribution in [0.4, 0.5) is 5.69 Å². The molecule has 88 valence electrons. The largest absolute Gasteiger partial charge is 0.488 e. The van der Waals surface area contributed by atoms with E-state index in [0.717, 1.165) is 28.1 Å². The first-order valence-corrected chi connectivity index (χ1v) is 5.70. The summed E-state index contributed by atoms with van der Waals surface area (Å²) in [6, 6.07) is 13.9. The van der Waals surface area contributed by atoms with Crippen LogP contribution in [0.3, 0.4) is 0 Å². The van der Waals surface area contributed by atoms with Crippen LogP contribution >= 0.6 is 0 Å². The summed E-state index contributed by atoms with van der Waals surface area (Å²) in [5.41, 5.74) is 9.92. The fourth-order valence-corrected chi connectivity index (χ4v) is 1.87. The third-order valence-corrected chi connectivity index (χ3v) is 2.74. The van der Waals surface area contributed by atoms with E-state index in [0.29, 0.717) is 6.61 Å². The van der Waals surface area contributed by atoms with Gasteiger partial charge in [0.15, 0.2) is 0 Å². The van der Waals surface area contributed by atoms with Crippen LogP contribution in [-0.2, 0) is 6.61 Å². The lowest BCUT2D eigenvalue weighted by atomic mass is 10.1. The Morgan fingerprint density at radius 2 is 1.65 bits per heavy atom. The van der Waals surface area contributed by atoms with Crippen LogP contribution in [0.2, 0.25) is 0 Å². The molecule has 17 heavy (non-hydrogen) atoms. The molecule has 2 aromatic rings. The second-order valence-electron chi connectivity index (χ2n) is 4.25. The monoisotopic (exact) mass is 227 g/mol. The highest BCUT2D eigenvalue weighted by atomic mass is 16.5. The molecule has 0 spiro atoms. The van der Waals surface area contributed by atoms with Crippen LogP contribution < -0.4 is 10.5 Å². The minimum Gasteiger partial charge on any atom is -0.488 e. The summed E-state index contributed by atoms with van der Waals surface area (Å²) in [6.07, 6.45) is 0. The van der Waals surface area contributed by atoms with E-state index in [1.165, 1.54) is 0 Å². The third kappa shape index (κ3) is 2.78. The van der Waals surface area contributed by atoms with Crippen molar-refractivity contribution >= 4 is 5.69 Å². The summed E-state index contributed by atoms with van der Waals surface area (Å²) in [7, 11) is 0. The molecule has 2 aromatic carbocycles. The molecule has 0 aromatic heterocycles. The van der Waals surface area contributed by atoms with Crippen molar-refractivity contribution in [1.82, 2.24) is 0 Å². The van der Waals surface area contributed by atoms with E-state index in [1.807, 2.05) is 30.3 Å². The molecule has 0 aliphatic carbocycles. The van der Waals surface area contributed by atoms with Gasteiger partial charge >= 0.3 is 0 Å². The van der Waals surface area contributed by atoms with Crippen LogP contribution in [0.15, 0.2) is 42.5 Å². The normalized spacial score (nSPS) is 10.2. The maximum absolute atomic E-state index is 5.85. The SMILES string of the molecule is Cc1cccc(C)c1OCc1cccc(N)c1. The lowest BCUT2D eigenvalue weighted by Gasteiger charge is -2.12. The van der Waals surface area contributed by atoms with Gasteiger partial charge in [-0.3, -0.25) is 0 Å². The fourth-order valence-electron chi connectivity index (χ4n) is 1.87. The van der Waals surface area contributed by atoms with Crippen molar-refractivity contribution in [1.29, 1.82) is 0 Å². The minimum absolute atomic E-state index is 0.552. The zero-order valence-electron chi connectivity index (χ0n) is 10.2. The summed E-state index contributed by atoms with van der Waals surface area (Å²) >= 11 is 0. The molecule has 0 saturated carbocycles. The van der Waals surface area contributed by atoms with E-state index in [1.54, 1.807) is 0 Å². The Balaban J connectivity index is 2.13. The summed E-state index contributed by atoms with van der Waals surface area (Å²) in [4.78, 5) is 0. The fraction of sp³-hybridized carbons (Fsp3) is 0.200. The van der Waals surface area contributed by atoms with Crippen molar-refractivity contribution in [2.45, 2.75) is 20.5 Å². The molecule has 0 bridgehead atoms. The summed E-state index contributed by atoms with van der Waals surface area (Å²) in [6.45, 7) is 4.67. The number of para-hydroxylation sites is 1.